The van der Waals surface area contributed by atoms with E-state index in [1.807, 2.05) is 25.1 Å². The Balaban J connectivity index is 2.13. The van der Waals surface area contributed by atoms with Gasteiger partial charge in [-0.1, -0.05) is 37.3 Å². The van der Waals surface area contributed by atoms with Crippen molar-refractivity contribution in [2.24, 2.45) is 0 Å². The van der Waals surface area contributed by atoms with Crippen molar-refractivity contribution in [1.29, 1.82) is 0 Å². The summed E-state index contributed by atoms with van der Waals surface area (Å²) in [6.45, 7) is 1.78. The lowest BCUT2D eigenvalue weighted by Crippen LogP contribution is -2.37. The highest BCUT2D eigenvalue weighted by atomic mass is 32.2. The highest BCUT2D eigenvalue weighted by Crippen LogP contribution is 2.29. The van der Waals surface area contributed by atoms with Crippen LogP contribution >= 0.6 is 0 Å². The number of carbonyl (C=O) groups is 1. The number of benzene rings is 2. The van der Waals surface area contributed by atoms with Crippen molar-refractivity contribution in [2.75, 3.05) is 32.6 Å². The predicted octanol–water partition coefficient (Wildman–Crippen LogP) is 3.36. The first-order valence-electron chi connectivity index (χ1n) is 9.14. The van der Waals surface area contributed by atoms with Crippen molar-refractivity contribution in [1.82, 2.24) is 4.31 Å². The molecule has 0 atom stereocenters. The molecule has 7 nitrogen and oxygen atoms in total. The van der Waals surface area contributed by atoms with Crippen LogP contribution in [0.25, 0.3) is 6.08 Å². The maximum atomic E-state index is 12.7. The van der Waals surface area contributed by atoms with Gasteiger partial charge in [0, 0.05) is 18.0 Å². The molecule has 0 saturated heterocycles. The van der Waals surface area contributed by atoms with E-state index in [1.165, 1.54) is 20.3 Å². The lowest BCUT2D eigenvalue weighted by Gasteiger charge is -2.19. The number of sulfonamides is 1. The van der Waals surface area contributed by atoms with Crippen molar-refractivity contribution < 1.29 is 22.7 Å². The molecule has 0 aliphatic carbocycles. The summed E-state index contributed by atoms with van der Waals surface area (Å²) < 4.78 is 37.0. The van der Waals surface area contributed by atoms with Crippen LogP contribution in [0.3, 0.4) is 0 Å². The second kappa shape index (κ2) is 10.6. The standard InChI is InChI=1S/C21H26N2O5S/c1-4-13-23(29(25,26)14-12-17-8-6-5-7-9-17)16-21(24)22-19-11-10-18(27-2)15-20(19)28-3/h5-12,14-15H,4,13,16H2,1-3H3,(H,22,24)/b14-12+. The van der Waals surface area contributed by atoms with E-state index < -0.39 is 15.9 Å². The average molecular weight is 419 g/mol. The van der Waals surface area contributed by atoms with E-state index in [4.69, 9.17) is 9.47 Å². The summed E-state index contributed by atoms with van der Waals surface area (Å²) in [4.78, 5) is 12.5. The maximum Gasteiger partial charge on any atom is 0.239 e. The molecular formula is C21H26N2O5S. The van der Waals surface area contributed by atoms with Gasteiger partial charge in [-0.25, -0.2) is 8.42 Å². The van der Waals surface area contributed by atoms with Crippen LogP contribution < -0.4 is 14.8 Å². The number of ether oxygens (including phenoxy) is 2. The second-order valence-corrected chi connectivity index (χ2v) is 8.02. The van der Waals surface area contributed by atoms with Crippen LogP contribution in [0.15, 0.2) is 53.9 Å². The van der Waals surface area contributed by atoms with Crippen LogP contribution in [-0.4, -0.2) is 45.9 Å². The van der Waals surface area contributed by atoms with E-state index in [2.05, 4.69) is 5.32 Å². The molecule has 1 N–H and O–H groups in total. The molecule has 2 rings (SSSR count). The number of carbonyl (C=O) groups excluding carboxylic acids is 1. The van der Waals surface area contributed by atoms with E-state index in [0.717, 1.165) is 15.3 Å². The van der Waals surface area contributed by atoms with Gasteiger partial charge in [-0.3, -0.25) is 4.79 Å². The minimum Gasteiger partial charge on any atom is -0.497 e. The molecule has 0 unspecified atom stereocenters. The SMILES string of the molecule is CCCN(CC(=O)Nc1ccc(OC)cc1OC)S(=O)(=O)/C=C/c1ccccc1. The molecule has 0 spiro atoms. The zero-order valence-corrected chi connectivity index (χ0v) is 17.6. The fourth-order valence-corrected chi connectivity index (χ4v) is 3.85. The smallest absolute Gasteiger partial charge is 0.239 e. The molecule has 2 aromatic carbocycles. The second-order valence-electron chi connectivity index (χ2n) is 6.21. The van der Waals surface area contributed by atoms with Gasteiger partial charge < -0.3 is 14.8 Å². The predicted molar refractivity (Wildman–Crippen MR) is 114 cm³/mol. The number of amides is 1. The van der Waals surface area contributed by atoms with Crippen molar-refractivity contribution in [3.05, 3.63) is 59.5 Å². The van der Waals surface area contributed by atoms with Gasteiger partial charge in [0.15, 0.2) is 0 Å². The highest BCUT2D eigenvalue weighted by Gasteiger charge is 2.22. The molecule has 1 amide bonds. The van der Waals surface area contributed by atoms with Gasteiger partial charge in [0.25, 0.3) is 0 Å². The quantitative estimate of drug-likeness (QED) is 0.640. The van der Waals surface area contributed by atoms with Crippen LogP contribution in [-0.2, 0) is 14.8 Å². The minimum atomic E-state index is -3.76. The Morgan fingerprint density at radius 1 is 1.10 bits per heavy atom. The zero-order valence-electron chi connectivity index (χ0n) is 16.8. The van der Waals surface area contributed by atoms with Crippen molar-refractivity contribution in [3.8, 4) is 11.5 Å². The number of rotatable bonds is 10. The van der Waals surface area contributed by atoms with Gasteiger partial charge in [-0.15, -0.1) is 0 Å². The summed E-state index contributed by atoms with van der Waals surface area (Å²) in [5, 5.41) is 3.82. The minimum absolute atomic E-state index is 0.231. The highest BCUT2D eigenvalue weighted by molar-refractivity contribution is 7.92. The Hall–Kier alpha value is -2.84. The Morgan fingerprint density at radius 2 is 1.83 bits per heavy atom. The topological polar surface area (TPSA) is 84.9 Å². The Morgan fingerprint density at radius 3 is 2.45 bits per heavy atom. The van der Waals surface area contributed by atoms with Gasteiger partial charge in [0.05, 0.1) is 26.5 Å². The summed E-state index contributed by atoms with van der Waals surface area (Å²) in [5.41, 5.74) is 1.20. The van der Waals surface area contributed by atoms with E-state index in [0.29, 0.717) is 23.6 Å². The van der Waals surface area contributed by atoms with Crippen LogP contribution in [0.4, 0.5) is 5.69 Å². The summed E-state index contributed by atoms with van der Waals surface area (Å²) in [6, 6.07) is 14.1. The molecule has 0 aromatic heterocycles. The normalized spacial score (nSPS) is 11.6. The molecule has 8 heteroatoms. The molecule has 0 aliphatic heterocycles. The Bertz CT molecular complexity index is 943. The number of anilines is 1. The number of nitrogens with zero attached hydrogens (tertiary/aromatic N) is 1. The third-order valence-electron chi connectivity index (χ3n) is 4.07. The maximum absolute atomic E-state index is 12.7. The lowest BCUT2D eigenvalue weighted by atomic mass is 10.2. The van der Waals surface area contributed by atoms with Crippen LogP contribution in [0.1, 0.15) is 18.9 Å². The lowest BCUT2D eigenvalue weighted by molar-refractivity contribution is -0.116. The van der Waals surface area contributed by atoms with Crippen LogP contribution in [0, 0.1) is 0 Å². The number of hydrogen-bond acceptors (Lipinski definition) is 5. The summed E-state index contributed by atoms with van der Waals surface area (Å²) in [5.74, 6) is 0.547. The molecule has 2 aromatic rings. The molecule has 0 radical (unpaired) electrons. The first-order valence-corrected chi connectivity index (χ1v) is 10.6. The monoisotopic (exact) mass is 418 g/mol. The summed E-state index contributed by atoms with van der Waals surface area (Å²) in [7, 11) is -0.746. The molecule has 156 valence electrons. The van der Waals surface area contributed by atoms with Gasteiger partial charge in [0.1, 0.15) is 11.5 Å². The number of hydrogen-bond donors (Lipinski definition) is 1. The Labute approximate surface area is 172 Å². The molecule has 0 saturated carbocycles. The van der Waals surface area contributed by atoms with Crippen molar-refractivity contribution in [3.63, 3.8) is 0 Å². The third-order valence-corrected chi connectivity index (χ3v) is 5.58. The van der Waals surface area contributed by atoms with Crippen molar-refractivity contribution >= 4 is 27.7 Å². The molecule has 0 aliphatic rings. The third kappa shape index (κ3) is 6.62. The molecular weight excluding hydrogens is 392 g/mol. The number of methoxy groups -OCH3 is 2. The van der Waals surface area contributed by atoms with Crippen LogP contribution in [0.5, 0.6) is 11.5 Å². The molecule has 0 bridgehead atoms. The summed E-state index contributed by atoms with van der Waals surface area (Å²) in [6.07, 6.45) is 2.10. The average Bonchev–Trinajstić information content (AvgIpc) is 2.73. The van der Waals surface area contributed by atoms with Gasteiger partial charge >= 0.3 is 0 Å². The van der Waals surface area contributed by atoms with Crippen LogP contribution in [0.2, 0.25) is 0 Å². The first kappa shape index (κ1) is 22.4. The van der Waals surface area contributed by atoms with Gasteiger partial charge in [-0.2, -0.15) is 4.31 Å². The molecule has 29 heavy (non-hydrogen) atoms. The largest absolute Gasteiger partial charge is 0.497 e. The molecule has 0 fully saturated rings. The summed E-state index contributed by atoms with van der Waals surface area (Å²) >= 11 is 0. The zero-order chi connectivity index (χ0) is 21.3. The number of nitrogens with one attached hydrogen (secondary N) is 1. The van der Waals surface area contributed by atoms with E-state index in [-0.39, 0.29) is 13.1 Å². The fourth-order valence-electron chi connectivity index (χ4n) is 2.61. The van der Waals surface area contributed by atoms with E-state index in [9.17, 15) is 13.2 Å². The molecule has 0 heterocycles. The van der Waals surface area contributed by atoms with Gasteiger partial charge in [-0.05, 0) is 30.2 Å². The van der Waals surface area contributed by atoms with Gasteiger partial charge in [0.2, 0.25) is 15.9 Å². The first-order chi connectivity index (χ1) is 13.9. The fraction of sp³-hybridized carbons (Fsp3) is 0.286. The van der Waals surface area contributed by atoms with E-state index >= 15 is 0 Å². The Kier molecular flexibility index (Phi) is 8.23. The van der Waals surface area contributed by atoms with E-state index in [1.54, 1.807) is 30.3 Å². The van der Waals surface area contributed by atoms with Crippen molar-refractivity contribution in [2.45, 2.75) is 13.3 Å².